The first-order valence-corrected chi connectivity index (χ1v) is 9.40. The van der Waals surface area contributed by atoms with Gasteiger partial charge in [0.1, 0.15) is 5.75 Å². The lowest BCUT2D eigenvalue weighted by Crippen LogP contribution is -2.44. The summed E-state index contributed by atoms with van der Waals surface area (Å²) in [6, 6.07) is 7.01. The van der Waals surface area contributed by atoms with E-state index in [1.807, 2.05) is 0 Å². The number of hydrogen-bond acceptors (Lipinski definition) is 6. The maximum Gasteiger partial charge on any atom is 0.338 e. The predicted molar refractivity (Wildman–Crippen MR) is 87.3 cm³/mol. The van der Waals surface area contributed by atoms with E-state index in [-0.39, 0.29) is 13.0 Å². The number of carbonyl (C=O) groups excluding carboxylic acids is 1. The molecule has 0 saturated heterocycles. The molecule has 1 heterocycles. The van der Waals surface area contributed by atoms with E-state index in [2.05, 4.69) is 0 Å². The summed E-state index contributed by atoms with van der Waals surface area (Å²) in [7, 11) is -1.99. The van der Waals surface area contributed by atoms with Crippen LogP contribution in [0.3, 0.4) is 0 Å². The van der Waals surface area contributed by atoms with Crippen LogP contribution in [0.4, 0.5) is 0 Å². The van der Waals surface area contributed by atoms with Crippen molar-refractivity contribution in [1.82, 2.24) is 0 Å². The van der Waals surface area contributed by atoms with Crippen LogP contribution >= 0.6 is 0 Å². The SMILES string of the molecule is CCOC(=O)[C@@]1(O)C[C@@H](c2ccc(OC)cc2)[C@H]2[C@@H]1C=CS2(=O)=O. The summed E-state index contributed by atoms with van der Waals surface area (Å²) in [6.07, 6.45) is 1.43. The molecular formula is C17H20O6S. The molecule has 3 rings (SSSR count). The third-order valence-corrected chi connectivity index (χ3v) is 6.78. The van der Waals surface area contributed by atoms with Crippen LogP contribution in [-0.2, 0) is 19.4 Å². The van der Waals surface area contributed by atoms with Crippen molar-refractivity contribution in [1.29, 1.82) is 0 Å². The maximum atomic E-state index is 12.4. The number of methoxy groups -OCH3 is 1. The molecule has 1 aliphatic heterocycles. The summed E-state index contributed by atoms with van der Waals surface area (Å²) in [5, 5.41) is 11.1. The van der Waals surface area contributed by atoms with Crippen LogP contribution in [0.2, 0.25) is 0 Å². The highest BCUT2D eigenvalue weighted by Crippen LogP contribution is 2.52. The molecule has 130 valence electrons. The monoisotopic (exact) mass is 352 g/mol. The van der Waals surface area contributed by atoms with Crippen LogP contribution in [0.15, 0.2) is 35.7 Å². The molecule has 4 atom stereocenters. The average molecular weight is 352 g/mol. The molecule has 1 aromatic rings. The average Bonchev–Trinajstić information content (AvgIpc) is 3.05. The Kier molecular flexibility index (Phi) is 4.17. The molecule has 0 bridgehead atoms. The first-order valence-electron chi connectivity index (χ1n) is 7.79. The van der Waals surface area contributed by atoms with Crippen LogP contribution < -0.4 is 4.74 Å². The van der Waals surface area contributed by atoms with Gasteiger partial charge in [-0.2, -0.15) is 0 Å². The third-order valence-electron chi connectivity index (χ3n) is 4.86. The van der Waals surface area contributed by atoms with Crippen molar-refractivity contribution in [3.05, 3.63) is 41.3 Å². The molecule has 24 heavy (non-hydrogen) atoms. The van der Waals surface area contributed by atoms with Gasteiger partial charge in [0.2, 0.25) is 0 Å². The Morgan fingerprint density at radius 3 is 2.58 bits per heavy atom. The van der Waals surface area contributed by atoms with Crippen LogP contribution in [0.1, 0.15) is 24.8 Å². The molecule has 2 aliphatic rings. The summed E-state index contributed by atoms with van der Waals surface area (Å²) in [5.74, 6) is -1.40. The van der Waals surface area contributed by atoms with Gasteiger partial charge in [0.25, 0.3) is 0 Å². The van der Waals surface area contributed by atoms with Crippen molar-refractivity contribution in [2.75, 3.05) is 13.7 Å². The summed E-state index contributed by atoms with van der Waals surface area (Å²) in [4.78, 5) is 12.3. The number of esters is 1. The Labute approximate surface area is 141 Å². The molecule has 0 amide bonds. The van der Waals surface area contributed by atoms with Crippen LogP contribution in [0, 0.1) is 5.92 Å². The fraction of sp³-hybridized carbons (Fsp3) is 0.471. The van der Waals surface area contributed by atoms with Gasteiger partial charge in [-0.15, -0.1) is 0 Å². The lowest BCUT2D eigenvalue weighted by molar-refractivity contribution is -0.167. The van der Waals surface area contributed by atoms with Gasteiger partial charge in [0.05, 0.1) is 19.0 Å². The number of fused-ring (bicyclic) bond motifs is 1. The zero-order chi connectivity index (χ0) is 17.5. The normalized spacial score (nSPS) is 33.2. The quantitative estimate of drug-likeness (QED) is 0.824. The molecule has 1 saturated carbocycles. The molecular weight excluding hydrogens is 332 g/mol. The second-order valence-electron chi connectivity index (χ2n) is 6.14. The number of ether oxygens (including phenoxy) is 2. The molecule has 1 fully saturated rings. The van der Waals surface area contributed by atoms with Crippen molar-refractivity contribution in [2.24, 2.45) is 5.92 Å². The highest BCUT2D eigenvalue weighted by atomic mass is 32.2. The highest BCUT2D eigenvalue weighted by molar-refractivity contribution is 7.95. The summed E-state index contributed by atoms with van der Waals surface area (Å²) in [5.41, 5.74) is -1.08. The van der Waals surface area contributed by atoms with Crippen molar-refractivity contribution in [2.45, 2.75) is 30.1 Å². The van der Waals surface area contributed by atoms with E-state index in [0.29, 0.717) is 5.75 Å². The smallest absolute Gasteiger partial charge is 0.338 e. The first-order chi connectivity index (χ1) is 11.3. The van der Waals surface area contributed by atoms with Gasteiger partial charge < -0.3 is 14.6 Å². The van der Waals surface area contributed by atoms with Crippen LogP contribution in [-0.4, -0.2) is 44.1 Å². The van der Waals surface area contributed by atoms with Gasteiger partial charge >= 0.3 is 5.97 Å². The maximum absolute atomic E-state index is 12.4. The van der Waals surface area contributed by atoms with Gasteiger partial charge in [-0.1, -0.05) is 18.2 Å². The van der Waals surface area contributed by atoms with Crippen molar-refractivity contribution in [3.63, 3.8) is 0 Å². The number of aliphatic hydroxyl groups is 1. The van der Waals surface area contributed by atoms with Gasteiger partial charge in [-0.3, -0.25) is 0 Å². The standard InChI is InChI=1S/C17H20O6S/c1-3-23-16(18)17(19)10-13(11-4-6-12(22-2)7-5-11)15-14(17)8-9-24(15,20)21/h4-9,13-15,19H,3,10H2,1-2H3/t13-,14-,15-,17+/m0/s1. The number of rotatable bonds is 4. The largest absolute Gasteiger partial charge is 0.497 e. The molecule has 1 aromatic carbocycles. The summed E-state index contributed by atoms with van der Waals surface area (Å²) >= 11 is 0. The molecule has 0 aromatic heterocycles. The Morgan fingerprint density at radius 1 is 1.33 bits per heavy atom. The molecule has 0 spiro atoms. The van der Waals surface area contributed by atoms with Crippen LogP contribution in [0.25, 0.3) is 0 Å². The lowest BCUT2D eigenvalue weighted by atomic mass is 9.91. The van der Waals surface area contributed by atoms with E-state index in [4.69, 9.17) is 9.47 Å². The van der Waals surface area contributed by atoms with Crippen molar-refractivity contribution in [3.8, 4) is 5.75 Å². The Hall–Kier alpha value is -1.86. The van der Waals surface area contributed by atoms with Gasteiger partial charge in [-0.25, -0.2) is 13.2 Å². The number of benzene rings is 1. The second-order valence-corrected chi connectivity index (χ2v) is 8.13. The van der Waals surface area contributed by atoms with E-state index >= 15 is 0 Å². The molecule has 6 nitrogen and oxygen atoms in total. The fourth-order valence-corrected chi connectivity index (χ4v) is 5.74. The Bertz CT molecular complexity index is 767. The van der Waals surface area contributed by atoms with E-state index in [9.17, 15) is 18.3 Å². The van der Waals surface area contributed by atoms with E-state index in [1.165, 1.54) is 6.08 Å². The van der Waals surface area contributed by atoms with E-state index in [0.717, 1.165) is 11.0 Å². The zero-order valence-electron chi connectivity index (χ0n) is 13.5. The predicted octanol–water partition coefficient (Wildman–Crippen LogP) is 1.40. The molecule has 1 aliphatic carbocycles. The van der Waals surface area contributed by atoms with Gasteiger partial charge in [0, 0.05) is 17.2 Å². The summed E-state index contributed by atoms with van der Waals surface area (Å²) < 4.78 is 35.0. The fourth-order valence-electron chi connectivity index (χ4n) is 3.73. The van der Waals surface area contributed by atoms with Crippen LogP contribution in [0.5, 0.6) is 5.75 Å². The third kappa shape index (κ3) is 2.52. The zero-order valence-corrected chi connectivity index (χ0v) is 14.3. The topological polar surface area (TPSA) is 89.9 Å². The molecule has 7 heteroatoms. The Morgan fingerprint density at radius 2 is 2.00 bits per heavy atom. The minimum Gasteiger partial charge on any atom is -0.497 e. The number of carbonyl (C=O) groups is 1. The van der Waals surface area contributed by atoms with Gasteiger partial charge in [-0.05, 0) is 31.0 Å². The number of sulfone groups is 1. The number of hydrogen-bond donors (Lipinski definition) is 1. The second kappa shape index (κ2) is 5.89. The Balaban J connectivity index is 2.02. The van der Waals surface area contributed by atoms with Crippen molar-refractivity contribution >= 4 is 15.8 Å². The minimum atomic E-state index is -3.54. The van der Waals surface area contributed by atoms with E-state index < -0.39 is 38.5 Å². The van der Waals surface area contributed by atoms with E-state index in [1.54, 1.807) is 38.3 Å². The molecule has 1 N–H and O–H groups in total. The highest BCUT2D eigenvalue weighted by Gasteiger charge is 2.62. The first kappa shape index (κ1) is 17.0. The molecule has 0 unspecified atom stereocenters. The van der Waals surface area contributed by atoms with Gasteiger partial charge in [0.15, 0.2) is 15.4 Å². The van der Waals surface area contributed by atoms with Crippen molar-refractivity contribution < 1.29 is 27.8 Å². The minimum absolute atomic E-state index is 0.0110. The summed E-state index contributed by atoms with van der Waals surface area (Å²) in [6.45, 7) is 1.78. The lowest BCUT2D eigenvalue weighted by Gasteiger charge is -2.25. The molecule has 0 radical (unpaired) electrons.